The molecule has 0 fully saturated rings. The fraction of sp³-hybridized carbons (Fsp3) is 0.111. The zero-order valence-corrected chi connectivity index (χ0v) is 15.1. The Balaban J connectivity index is 2.06. The van der Waals surface area contributed by atoms with Crippen LogP contribution >= 0.6 is 11.6 Å². The quantitative estimate of drug-likeness (QED) is 0.402. The highest BCUT2D eigenvalue weighted by molar-refractivity contribution is 6.30. The number of halogens is 1. The number of aliphatic imine (C=N–C) groups is 1. The van der Waals surface area contributed by atoms with E-state index in [0.717, 1.165) is 11.4 Å². The molecular weight excluding hydrogens is 352 g/mol. The number of methoxy groups -OCH3 is 1. The van der Waals surface area contributed by atoms with Crippen LogP contribution in [0.15, 0.2) is 59.6 Å². The summed E-state index contributed by atoms with van der Waals surface area (Å²) in [4.78, 5) is 12.7. The lowest BCUT2D eigenvalue weighted by Gasteiger charge is -2.10. The van der Waals surface area contributed by atoms with Gasteiger partial charge < -0.3 is 10.1 Å². The summed E-state index contributed by atoms with van der Waals surface area (Å²) in [6.07, 6.45) is 5.02. The van der Waals surface area contributed by atoms with E-state index >= 15 is 0 Å². The lowest BCUT2D eigenvalue weighted by molar-refractivity contribution is 0.294. The van der Waals surface area contributed by atoms with Crippen molar-refractivity contribution < 1.29 is 4.74 Å². The molecule has 0 amide bonds. The standard InChI is InChI=1S/C18H17ClN6O/c1-12(26-3)7-8-15(20-2)16-10-17(25-18(24-16)21-11-22-25)23-14-6-4-5-13(19)9-14/h4-11,23H,2H2,1,3H3/b12-7+,15-8-. The molecule has 132 valence electrons. The van der Waals surface area contributed by atoms with Crippen LogP contribution in [0.2, 0.25) is 5.02 Å². The minimum atomic E-state index is 0.439. The first-order valence-corrected chi connectivity index (χ1v) is 8.11. The Bertz CT molecular complexity index is 1010. The minimum absolute atomic E-state index is 0.439. The monoisotopic (exact) mass is 368 g/mol. The summed E-state index contributed by atoms with van der Waals surface area (Å²) < 4.78 is 6.73. The summed E-state index contributed by atoms with van der Waals surface area (Å²) >= 11 is 6.06. The number of hydrogen-bond acceptors (Lipinski definition) is 6. The number of anilines is 2. The fourth-order valence-electron chi connectivity index (χ4n) is 2.23. The van der Waals surface area contributed by atoms with E-state index in [1.807, 2.05) is 37.3 Å². The molecule has 2 aromatic heterocycles. The molecule has 7 nitrogen and oxygen atoms in total. The predicted octanol–water partition coefficient (Wildman–Crippen LogP) is 4.11. The van der Waals surface area contributed by atoms with E-state index in [0.29, 0.717) is 28.0 Å². The number of nitrogens with one attached hydrogen (secondary N) is 1. The molecule has 2 heterocycles. The molecule has 0 atom stereocenters. The van der Waals surface area contributed by atoms with Crippen molar-refractivity contribution in [3.63, 3.8) is 0 Å². The van der Waals surface area contributed by atoms with Gasteiger partial charge in [0.15, 0.2) is 0 Å². The largest absolute Gasteiger partial charge is 0.501 e. The molecule has 0 spiro atoms. The van der Waals surface area contributed by atoms with E-state index < -0.39 is 0 Å². The number of aromatic nitrogens is 4. The first-order chi connectivity index (χ1) is 12.6. The molecule has 26 heavy (non-hydrogen) atoms. The maximum Gasteiger partial charge on any atom is 0.254 e. The Morgan fingerprint density at radius 2 is 2.19 bits per heavy atom. The maximum absolute atomic E-state index is 6.06. The molecule has 8 heteroatoms. The third-order valence-electron chi connectivity index (χ3n) is 3.58. The first-order valence-electron chi connectivity index (χ1n) is 7.74. The highest BCUT2D eigenvalue weighted by atomic mass is 35.5. The van der Waals surface area contributed by atoms with Crippen LogP contribution < -0.4 is 5.32 Å². The van der Waals surface area contributed by atoms with Gasteiger partial charge in [-0.1, -0.05) is 17.7 Å². The average molecular weight is 369 g/mol. The second-order valence-corrected chi connectivity index (χ2v) is 5.76. The summed E-state index contributed by atoms with van der Waals surface area (Å²) in [7, 11) is 1.61. The Kier molecular flexibility index (Phi) is 5.28. The number of rotatable bonds is 6. The number of ether oxygens (including phenoxy) is 1. The molecular formula is C18H17ClN6O. The fourth-order valence-corrected chi connectivity index (χ4v) is 2.42. The minimum Gasteiger partial charge on any atom is -0.501 e. The van der Waals surface area contributed by atoms with Crippen LogP contribution in [0.4, 0.5) is 11.5 Å². The number of hydrogen-bond donors (Lipinski definition) is 1. The van der Waals surface area contributed by atoms with Crippen LogP contribution in [0.5, 0.6) is 0 Å². The summed E-state index contributed by atoms with van der Waals surface area (Å²) in [5, 5.41) is 8.11. The third kappa shape index (κ3) is 3.89. The van der Waals surface area contributed by atoms with Gasteiger partial charge in [0.25, 0.3) is 5.78 Å². The molecule has 0 aliphatic rings. The molecule has 0 saturated carbocycles. The molecule has 0 unspecified atom stereocenters. The van der Waals surface area contributed by atoms with Gasteiger partial charge in [0.2, 0.25) is 0 Å². The van der Waals surface area contributed by atoms with Crippen molar-refractivity contribution in [2.75, 3.05) is 12.4 Å². The number of allylic oxidation sites excluding steroid dienone is 3. The molecule has 0 bridgehead atoms. The summed E-state index contributed by atoms with van der Waals surface area (Å²) in [5.41, 5.74) is 2.00. The second kappa shape index (κ2) is 7.79. The van der Waals surface area contributed by atoms with Gasteiger partial charge in [0, 0.05) is 16.8 Å². The molecule has 0 radical (unpaired) electrons. The third-order valence-corrected chi connectivity index (χ3v) is 3.81. The average Bonchev–Trinajstić information content (AvgIpc) is 3.11. The SMILES string of the molecule is C=N/C(=C\C=C(/C)OC)c1cc(Nc2cccc(Cl)c2)n2ncnc2n1. The van der Waals surface area contributed by atoms with Gasteiger partial charge in [-0.25, -0.2) is 4.98 Å². The molecule has 1 aromatic carbocycles. The highest BCUT2D eigenvalue weighted by Gasteiger charge is 2.10. The van der Waals surface area contributed by atoms with Gasteiger partial charge in [-0.3, -0.25) is 4.99 Å². The van der Waals surface area contributed by atoms with Crippen molar-refractivity contribution in [3.05, 3.63) is 65.3 Å². The number of fused-ring (bicyclic) bond motifs is 1. The Morgan fingerprint density at radius 1 is 1.35 bits per heavy atom. The lowest BCUT2D eigenvalue weighted by Crippen LogP contribution is -2.03. The zero-order chi connectivity index (χ0) is 18.5. The van der Waals surface area contributed by atoms with Crippen LogP contribution in [0.25, 0.3) is 11.5 Å². The Labute approximate surface area is 155 Å². The van der Waals surface area contributed by atoms with Crippen molar-refractivity contribution >= 4 is 41.3 Å². The number of nitrogens with zero attached hydrogens (tertiary/aromatic N) is 5. The van der Waals surface area contributed by atoms with Crippen LogP contribution in [-0.4, -0.2) is 33.4 Å². The highest BCUT2D eigenvalue weighted by Crippen LogP contribution is 2.23. The Hall–Kier alpha value is -3.19. The maximum atomic E-state index is 6.06. The molecule has 1 N–H and O–H groups in total. The van der Waals surface area contributed by atoms with E-state index in [2.05, 4.69) is 32.1 Å². The normalized spacial score (nSPS) is 12.3. The first kappa shape index (κ1) is 17.6. The predicted molar refractivity (Wildman–Crippen MR) is 104 cm³/mol. The van der Waals surface area contributed by atoms with Crippen LogP contribution in [0.1, 0.15) is 12.6 Å². The van der Waals surface area contributed by atoms with Gasteiger partial charge in [-0.05, 0) is 44.0 Å². The topological polar surface area (TPSA) is 76.7 Å². The van der Waals surface area contributed by atoms with Gasteiger partial charge in [0.1, 0.15) is 12.1 Å². The van der Waals surface area contributed by atoms with E-state index in [1.165, 1.54) is 6.33 Å². The van der Waals surface area contributed by atoms with Crippen molar-refractivity contribution in [2.24, 2.45) is 4.99 Å². The van der Waals surface area contributed by atoms with E-state index in [-0.39, 0.29) is 0 Å². The van der Waals surface area contributed by atoms with Gasteiger partial charge in [-0.2, -0.15) is 14.6 Å². The van der Waals surface area contributed by atoms with Crippen LogP contribution in [-0.2, 0) is 4.74 Å². The van der Waals surface area contributed by atoms with Gasteiger partial charge >= 0.3 is 0 Å². The van der Waals surface area contributed by atoms with E-state index in [1.54, 1.807) is 23.8 Å². The van der Waals surface area contributed by atoms with Crippen molar-refractivity contribution in [3.8, 4) is 0 Å². The zero-order valence-electron chi connectivity index (χ0n) is 14.3. The summed E-state index contributed by atoms with van der Waals surface area (Å²) in [6.45, 7) is 5.47. The summed E-state index contributed by atoms with van der Waals surface area (Å²) in [5.74, 6) is 1.85. The molecule has 3 rings (SSSR count). The molecule has 3 aromatic rings. The van der Waals surface area contributed by atoms with E-state index in [4.69, 9.17) is 16.3 Å². The second-order valence-electron chi connectivity index (χ2n) is 5.33. The lowest BCUT2D eigenvalue weighted by atomic mass is 10.2. The van der Waals surface area contributed by atoms with Crippen molar-refractivity contribution in [2.45, 2.75) is 6.92 Å². The van der Waals surface area contributed by atoms with Crippen LogP contribution in [0, 0.1) is 0 Å². The van der Waals surface area contributed by atoms with Gasteiger partial charge in [-0.15, -0.1) is 0 Å². The summed E-state index contributed by atoms with van der Waals surface area (Å²) in [6, 6.07) is 9.21. The number of benzene rings is 1. The Morgan fingerprint density at radius 3 is 2.92 bits per heavy atom. The molecule has 0 aliphatic carbocycles. The molecule has 0 saturated heterocycles. The molecule has 0 aliphatic heterocycles. The van der Waals surface area contributed by atoms with Gasteiger partial charge in [0.05, 0.1) is 24.3 Å². The van der Waals surface area contributed by atoms with Crippen molar-refractivity contribution in [1.82, 2.24) is 19.6 Å². The van der Waals surface area contributed by atoms with Crippen LogP contribution in [0.3, 0.4) is 0 Å². The smallest absolute Gasteiger partial charge is 0.254 e. The van der Waals surface area contributed by atoms with Crippen molar-refractivity contribution in [1.29, 1.82) is 0 Å². The van der Waals surface area contributed by atoms with E-state index in [9.17, 15) is 0 Å².